The molecular formula is C18H23BrN2O5. The van der Waals surface area contributed by atoms with Gasteiger partial charge in [-0.05, 0) is 17.5 Å². The predicted molar refractivity (Wildman–Crippen MR) is 99.2 cm³/mol. The van der Waals surface area contributed by atoms with E-state index in [1.165, 1.54) is 0 Å². The fourth-order valence-electron chi connectivity index (χ4n) is 3.10. The third-order valence-electron chi connectivity index (χ3n) is 4.65. The molecule has 1 aromatic carbocycles. The van der Waals surface area contributed by atoms with Crippen LogP contribution in [0.25, 0.3) is 0 Å². The van der Waals surface area contributed by atoms with E-state index in [0.717, 1.165) is 9.37 Å². The molecule has 1 atom stereocenters. The van der Waals surface area contributed by atoms with Gasteiger partial charge in [0, 0.05) is 16.6 Å². The molecule has 1 aliphatic heterocycles. The monoisotopic (exact) mass is 426 g/mol. The van der Waals surface area contributed by atoms with Gasteiger partial charge in [-0.3, -0.25) is 14.5 Å². The van der Waals surface area contributed by atoms with Crippen LogP contribution in [0.3, 0.4) is 0 Å². The van der Waals surface area contributed by atoms with Gasteiger partial charge in [0.15, 0.2) is 11.3 Å². The number of morpholine rings is 1. The molecule has 1 heterocycles. The average molecular weight is 427 g/mol. The van der Waals surface area contributed by atoms with Crippen LogP contribution in [0.4, 0.5) is 4.79 Å². The van der Waals surface area contributed by atoms with Crippen molar-refractivity contribution in [1.82, 2.24) is 10.2 Å². The normalized spacial score (nSPS) is 20.5. The number of nitrogens with one attached hydrogen (secondary N) is 1. The second kappa shape index (κ2) is 7.75. The molecular weight excluding hydrogens is 404 g/mol. The highest BCUT2D eigenvalue weighted by Crippen LogP contribution is 2.38. The summed E-state index contributed by atoms with van der Waals surface area (Å²) in [5, 5.41) is 12.2. The molecule has 0 saturated carbocycles. The number of rotatable bonds is 4. The Kier molecular flexibility index (Phi) is 6.08. The van der Waals surface area contributed by atoms with Gasteiger partial charge in [0.1, 0.15) is 0 Å². The number of Topliss-reactive ketones (excluding diaryl/α,β-unsaturated/α-hetero) is 1. The minimum atomic E-state index is -1.41. The van der Waals surface area contributed by atoms with Gasteiger partial charge in [-0.2, -0.15) is 0 Å². The van der Waals surface area contributed by atoms with Crippen molar-refractivity contribution in [2.24, 2.45) is 5.41 Å². The number of hydrogen-bond acceptors (Lipinski definition) is 4. The van der Waals surface area contributed by atoms with Gasteiger partial charge >= 0.3 is 6.09 Å². The molecule has 2 amide bonds. The fraction of sp³-hybridized carbons (Fsp3) is 0.500. The number of ether oxygens (including phenoxy) is 1. The Morgan fingerprint density at radius 2 is 1.88 bits per heavy atom. The molecule has 2 rings (SSSR count). The number of carbonyl (C=O) groups is 3. The first kappa shape index (κ1) is 20.4. The van der Waals surface area contributed by atoms with Crippen molar-refractivity contribution in [1.29, 1.82) is 0 Å². The van der Waals surface area contributed by atoms with Crippen LogP contribution >= 0.6 is 15.9 Å². The minimum Gasteiger partial charge on any atom is -0.465 e. The van der Waals surface area contributed by atoms with Gasteiger partial charge < -0.3 is 15.2 Å². The van der Waals surface area contributed by atoms with E-state index in [1.807, 2.05) is 0 Å². The van der Waals surface area contributed by atoms with Crippen LogP contribution in [0.5, 0.6) is 0 Å². The van der Waals surface area contributed by atoms with Gasteiger partial charge in [-0.25, -0.2) is 4.79 Å². The summed E-state index contributed by atoms with van der Waals surface area (Å²) in [7, 11) is 0. The molecule has 0 aliphatic carbocycles. The van der Waals surface area contributed by atoms with Crippen LogP contribution in [-0.2, 0) is 9.53 Å². The molecule has 1 fully saturated rings. The lowest BCUT2D eigenvalue weighted by Crippen LogP contribution is -2.72. The van der Waals surface area contributed by atoms with Crippen molar-refractivity contribution in [3.05, 3.63) is 34.3 Å². The summed E-state index contributed by atoms with van der Waals surface area (Å²) in [6, 6.07) is 6.80. The minimum absolute atomic E-state index is 0.0545. The van der Waals surface area contributed by atoms with Gasteiger partial charge in [0.05, 0.1) is 19.8 Å². The first-order chi connectivity index (χ1) is 12.1. The van der Waals surface area contributed by atoms with E-state index < -0.39 is 23.0 Å². The van der Waals surface area contributed by atoms with E-state index in [2.05, 4.69) is 21.2 Å². The SMILES string of the molecule is CC(C)(C)C1(C(=O)NCC(=O)c2ccc(Br)cc2)COCCN1C(=O)O. The van der Waals surface area contributed by atoms with Crippen molar-refractivity contribution in [2.45, 2.75) is 26.3 Å². The first-order valence-electron chi connectivity index (χ1n) is 8.25. The van der Waals surface area contributed by atoms with Crippen LogP contribution in [0, 0.1) is 5.41 Å². The molecule has 0 aromatic heterocycles. The number of halogens is 1. The molecule has 7 nitrogen and oxygen atoms in total. The summed E-state index contributed by atoms with van der Waals surface area (Å²) < 4.78 is 6.31. The van der Waals surface area contributed by atoms with Crippen molar-refractivity contribution in [3.63, 3.8) is 0 Å². The van der Waals surface area contributed by atoms with Gasteiger partial charge in [-0.15, -0.1) is 0 Å². The maximum Gasteiger partial charge on any atom is 0.408 e. The Balaban J connectivity index is 2.21. The van der Waals surface area contributed by atoms with Crippen LogP contribution in [-0.4, -0.2) is 59.6 Å². The van der Waals surface area contributed by atoms with Crippen molar-refractivity contribution in [2.75, 3.05) is 26.3 Å². The zero-order chi connectivity index (χ0) is 19.5. The summed E-state index contributed by atoms with van der Waals surface area (Å²) in [5.41, 5.74) is -1.67. The summed E-state index contributed by atoms with van der Waals surface area (Å²) in [4.78, 5) is 38.2. The summed E-state index contributed by atoms with van der Waals surface area (Å²) >= 11 is 3.30. The molecule has 26 heavy (non-hydrogen) atoms. The third-order valence-corrected chi connectivity index (χ3v) is 5.18. The third kappa shape index (κ3) is 3.91. The molecule has 0 spiro atoms. The Bertz CT molecular complexity index is 699. The number of ketones is 1. The Hall–Kier alpha value is -1.93. The molecule has 1 unspecified atom stereocenters. The molecule has 1 aliphatic rings. The molecule has 0 bridgehead atoms. The van der Waals surface area contributed by atoms with E-state index >= 15 is 0 Å². The highest BCUT2D eigenvalue weighted by atomic mass is 79.9. The Morgan fingerprint density at radius 1 is 1.27 bits per heavy atom. The largest absolute Gasteiger partial charge is 0.465 e. The smallest absolute Gasteiger partial charge is 0.408 e. The zero-order valence-corrected chi connectivity index (χ0v) is 16.6. The van der Waals surface area contributed by atoms with Crippen LogP contribution in [0.2, 0.25) is 0 Å². The number of carbonyl (C=O) groups excluding carboxylic acids is 2. The molecule has 1 aromatic rings. The highest BCUT2D eigenvalue weighted by molar-refractivity contribution is 9.10. The zero-order valence-electron chi connectivity index (χ0n) is 15.0. The Labute approximate surface area is 160 Å². The second-order valence-corrected chi connectivity index (χ2v) is 8.13. The van der Waals surface area contributed by atoms with Crippen molar-refractivity contribution >= 4 is 33.7 Å². The average Bonchev–Trinajstić information content (AvgIpc) is 2.58. The summed E-state index contributed by atoms with van der Waals surface area (Å²) in [6.07, 6.45) is -1.18. The standard InChI is InChI=1S/C18H23BrN2O5/c1-17(2,3)18(11-26-9-8-21(18)16(24)25)15(23)20-10-14(22)12-4-6-13(19)7-5-12/h4-7H,8-11H2,1-3H3,(H,20,23)(H,24,25). The summed E-state index contributed by atoms with van der Waals surface area (Å²) in [5.74, 6) is -0.786. The first-order valence-corrected chi connectivity index (χ1v) is 9.04. The Morgan fingerprint density at radius 3 is 2.42 bits per heavy atom. The molecule has 1 saturated heterocycles. The lowest BCUT2D eigenvalue weighted by molar-refractivity contribution is -0.156. The molecule has 0 radical (unpaired) electrons. The van der Waals surface area contributed by atoms with E-state index in [4.69, 9.17) is 4.74 Å². The topological polar surface area (TPSA) is 95.9 Å². The summed E-state index contributed by atoms with van der Waals surface area (Å²) in [6.45, 7) is 5.41. The highest BCUT2D eigenvalue weighted by Gasteiger charge is 2.56. The predicted octanol–water partition coefficient (Wildman–Crippen LogP) is 2.54. The number of carboxylic acid groups (broad SMARTS) is 1. The van der Waals surface area contributed by atoms with Crippen LogP contribution < -0.4 is 5.32 Å². The van der Waals surface area contributed by atoms with Gasteiger partial charge in [-0.1, -0.05) is 48.8 Å². The maximum absolute atomic E-state index is 13.0. The number of nitrogens with zero attached hydrogens (tertiary/aromatic N) is 1. The van der Waals surface area contributed by atoms with Gasteiger partial charge in [0.2, 0.25) is 5.91 Å². The van der Waals surface area contributed by atoms with Gasteiger partial charge in [0.25, 0.3) is 0 Å². The second-order valence-electron chi connectivity index (χ2n) is 7.21. The number of benzene rings is 1. The lowest BCUT2D eigenvalue weighted by Gasteiger charge is -2.51. The van der Waals surface area contributed by atoms with E-state index in [0.29, 0.717) is 5.56 Å². The lowest BCUT2D eigenvalue weighted by atomic mass is 9.71. The molecule has 142 valence electrons. The van der Waals surface area contributed by atoms with E-state index in [1.54, 1.807) is 45.0 Å². The maximum atomic E-state index is 13.0. The van der Waals surface area contributed by atoms with Crippen LogP contribution in [0.1, 0.15) is 31.1 Å². The van der Waals surface area contributed by atoms with Crippen molar-refractivity contribution < 1.29 is 24.2 Å². The number of hydrogen-bond donors (Lipinski definition) is 2. The molecule has 8 heteroatoms. The van der Waals surface area contributed by atoms with Crippen LogP contribution in [0.15, 0.2) is 28.7 Å². The molecule has 2 N–H and O–H groups in total. The quantitative estimate of drug-likeness (QED) is 0.721. The van der Waals surface area contributed by atoms with E-state index in [9.17, 15) is 19.5 Å². The fourth-order valence-corrected chi connectivity index (χ4v) is 3.36. The number of amides is 2. The van der Waals surface area contributed by atoms with E-state index in [-0.39, 0.29) is 32.1 Å². The van der Waals surface area contributed by atoms with Crippen molar-refractivity contribution in [3.8, 4) is 0 Å².